The number of hydrogen-bond acceptors (Lipinski definition) is 3. The summed E-state index contributed by atoms with van der Waals surface area (Å²) < 4.78 is 5.15. The molecule has 0 spiro atoms. The molecule has 0 amide bonds. The van der Waals surface area contributed by atoms with Crippen LogP contribution in [-0.2, 0) is 4.74 Å². The molecule has 4 heteroatoms. The first-order chi connectivity index (χ1) is 7.49. The fourth-order valence-electron chi connectivity index (χ4n) is 1.37. The van der Waals surface area contributed by atoms with Gasteiger partial charge in [-0.2, -0.15) is 0 Å². The van der Waals surface area contributed by atoms with Crippen LogP contribution in [0.1, 0.15) is 30.6 Å². The molecule has 0 aromatic heterocycles. The van der Waals surface area contributed by atoms with Crippen LogP contribution in [-0.4, -0.2) is 23.3 Å². The summed E-state index contributed by atoms with van der Waals surface area (Å²) in [5, 5.41) is 9.71. The van der Waals surface area contributed by atoms with Crippen LogP contribution in [0.15, 0.2) is 24.3 Å². The summed E-state index contributed by atoms with van der Waals surface area (Å²) in [5.41, 5.74) is 0.460. The highest BCUT2D eigenvalue weighted by Crippen LogP contribution is 2.12. The third-order valence-electron chi connectivity index (χ3n) is 2.06. The van der Waals surface area contributed by atoms with Crippen molar-refractivity contribution in [2.24, 2.45) is 0 Å². The Hall–Kier alpha value is -1.06. The molecule has 0 heterocycles. The quantitative estimate of drug-likeness (QED) is 0.826. The van der Waals surface area contributed by atoms with Gasteiger partial charge in [0, 0.05) is 11.4 Å². The number of rotatable bonds is 4. The van der Waals surface area contributed by atoms with Gasteiger partial charge in [0.15, 0.2) is 0 Å². The molecule has 0 aliphatic carbocycles. The van der Waals surface area contributed by atoms with Crippen LogP contribution in [0.5, 0.6) is 0 Å². The van der Waals surface area contributed by atoms with E-state index in [4.69, 9.17) is 21.4 Å². The van der Waals surface area contributed by atoms with E-state index in [9.17, 15) is 4.79 Å². The zero-order chi connectivity index (χ0) is 12.1. The van der Waals surface area contributed by atoms with Crippen LogP contribution < -0.4 is 0 Å². The van der Waals surface area contributed by atoms with Crippen molar-refractivity contribution in [1.82, 2.24) is 0 Å². The summed E-state index contributed by atoms with van der Waals surface area (Å²) >= 11 is 5.71. The Bertz CT molecular complexity index is 346. The minimum Gasteiger partial charge on any atom is -0.459 e. The van der Waals surface area contributed by atoms with E-state index < -0.39 is 12.1 Å². The molecule has 16 heavy (non-hydrogen) atoms. The van der Waals surface area contributed by atoms with Crippen molar-refractivity contribution >= 4 is 17.6 Å². The van der Waals surface area contributed by atoms with E-state index in [2.05, 4.69) is 0 Å². The van der Waals surface area contributed by atoms with Gasteiger partial charge in [-0.05, 0) is 38.1 Å². The number of carbonyl (C=O) groups excluding carboxylic acids is 1. The Morgan fingerprint density at radius 1 is 1.38 bits per heavy atom. The number of esters is 1. The molecule has 2 unspecified atom stereocenters. The molecule has 88 valence electrons. The molecule has 1 aromatic carbocycles. The van der Waals surface area contributed by atoms with E-state index in [1.54, 1.807) is 38.1 Å². The number of halogens is 1. The molecule has 0 fully saturated rings. The number of ether oxygens (including phenoxy) is 1. The highest BCUT2D eigenvalue weighted by molar-refractivity contribution is 6.30. The van der Waals surface area contributed by atoms with Gasteiger partial charge in [0.05, 0.1) is 11.7 Å². The fraction of sp³-hybridized carbons (Fsp3) is 0.417. The first-order valence-electron chi connectivity index (χ1n) is 5.13. The van der Waals surface area contributed by atoms with E-state index in [0.717, 1.165) is 0 Å². The summed E-state index contributed by atoms with van der Waals surface area (Å²) in [6.45, 7) is 3.41. The van der Waals surface area contributed by atoms with Crippen LogP contribution in [0.4, 0.5) is 0 Å². The summed E-state index contributed by atoms with van der Waals surface area (Å²) in [7, 11) is 0. The van der Waals surface area contributed by atoms with Gasteiger partial charge in [0.25, 0.3) is 0 Å². The first-order valence-corrected chi connectivity index (χ1v) is 5.51. The summed E-state index contributed by atoms with van der Waals surface area (Å²) in [6.07, 6.45) is -0.351. The maximum atomic E-state index is 11.6. The average molecular weight is 243 g/mol. The number of hydrogen-bond donors (Lipinski definition) is 1. The number of aliphatic hydroxyl groups is 1. The molecule has 0 saturated heterocycles. The molecule has 0 aliphatic rings. The van der Waals surface area contributed by atoms with Gasteiger partial charge in [-0.25, -0.2) is 4.79 Å². The third-order valence-corrected chi connectivity index (χ3v) is 2.31. The van der Waals surface area contributed by atoms with Crippen molar-refractivity contribution in [1.29, 1.82) is 0 Å². The van der Waals surface area contributed by atoms with E-state index in [1.165, 1.54) is 0 Å². The first kappa shape index (κ1) is 13.0. The van der Waals surface area contributed by atoms with E-state index in [0.29, 0.717) is 17.0 Å². The van der Waals surface area contributed by atoms with Crippen LogP contribution in [0.2, 0.25) is 5.02 Å². The molecule has 0 aliphatic heterocycles. The smallest absolute Gasteiger partial charge is 0.338 e. The minimum atomic E-state index is -0.479. The molecule has 3 nitrogen and oxygen atoms in total. The minimum absolute atomic E-state index is 0.303. The molecule has 0 bridgehead atoms. The molecule has 1 aromatic rings. The van der Waals surface area contributed by atoms with Crippen molar-refractivity contribution < 1.29 is 14.6 Å². The Balaban J connectivity index is 2.55. The maximum absolute atomic E-state index is 11.6. The Morgan fingerprint density at radius 2 is 1.94 bits per heavy atom. The molecule has 1 rings (SSSR count). The topological polar surface area (TPSA) is 46.5 Å². The monoisotopic (exact) mass is 242 g/mol. The fourth-order valence-corrected chi connectivity index (χ4v) is 1.49. The van der Waals surface area contributed by atoms with Crippen LogP contribution in [0, 0.1) is 0 Å². The van der Waals surface area contributed by atoms with Gasteiger partial charge >= 0.3 is 5.97 Å². The molecule has 2 atom stereocenters. The molecule has 0 saturated carbocycles. The van der Waals surface area contributed by atoms with Crippen molar-refractivity contribution in [2.75, 3.05) is 0 Å². The van der Waals surface area contributed by atoms with Gasteiger partial charge < -0.3 is 9.84 Å². The second-order valence-corrected chi connectivity index (χ2v) is 4.24. The van der Waals surface area contributed by atoms with Crippen molar-refractivity contribution in [2.45, 2.75) is 32.5 Å². The van der Waals surface area contributed by atoms with Crippen LogP contribution in [0.25, 0.3) is 0 Å². The van der Waals surface area contributed by atoms with Gasteiger partial charge in [-0.15, -0.1) is 0 Å². The number of benzene rings is 1. The van der Waals surface area contributed by atoms with E-state index in [1.807, 2.05) is 0 Å². The normalized spacial score (nSPS) is 14.2. The largest absolute Gasteiger partial charge is 0.459 e. The third kappa shape index (κ3) is 4.21. The summed E-state index contributed by atoms with van der Waals surface area (Å²) in [5.74, 6) is -0.398. The second-order valence-electron chi connectivity index (χ2n) is 3.81. The summed E-state index contributed by atoms with van der Waals surface area (Å²) in [4.78, 5) is 11.6. The Kier molecular flexibility index (Phi) is 4.77. The molecule has 0 radical (unpaired) electrons. The SMILES string of the molecule is CC(O)CC(C)OC(=O)c1ccc(Cl)cc1. The lowest BCUT2D eigenvalue weighted by Crippen LogP contribution is -2.19. The molecular weight excluding hydrogens is 228 g/mol. The summed E-state index contributed by atoms with van der Waals surface area (Å²) in [6, 6.07) is 6.49. The second kappa shape index (κ2) is 5.87. The highest BCUT2D eigenvalue weighted by atomic mass is 35.5. The molecular formula is C12H15ClO3. The van der Waals surface area contributed by atoms with Crippen molar-refractivity contribution in [3.63, 3.8) is 0 Å². The predicted molar refractivity (Wildman–Crippen MR) is 62.6 cm³/mol. The van der Waals surface area contributed by atoms with Crippen molar-refractivity contribution in [3.8, 4) is 0 Å². The number of carbonyl (C=O) groups is 1. The Labute approximate surface area is 100.0 Å². The lowest BCUT2D eigenvalue weighted by Gasteiger charge is -2.14. The zero-order valence-corrected chi connectivity index (χ0v) is 10.1. The van der Waals surface area contributed by atoms with E-state index in [-0.39, 0.29) is 6.10 Å². The lowest BCUT2D eigenvalue weighted by atomic mass is 10.2. The van der Waals surface area contributed by atoms with Gasteiger partial charge in [-0.3, -0.25) is 0 Å². The number of aliphatic hydroxyl groups excluding tert-OH is 1. The zero-order valence-electron chi connectivity index (χ0n) is 9.31. The maximum Gasteiger partial charge on any atom is 0.338 e. The molecule has 1 N–H and O–H groups in total. The average Bonchev–Trinajstić information content (AvgIpc) is 2.16. The Morgan fingerprint density at radius 3 is 2.44 bits per heavy atom. The van der Waals surface area contributed by atoms with Crippen molar-refractivity contribution in [3.05, 3.63) is 34.9 Å². The van der Waals surface area contributed by atoms with Gasteiger partial charge in [0.2, 0.25) is 0 Å². The lowest BCUT2D eigenvalue weighted by molar-refractivity contribution is 0.0222. The van der Waals surface area contributed by atoms with Gasteiger partial charge in [-0.1, -0.05) is 11.6 Å². The standard InChI is InChI=1S/C12H15ClO3/c1-8(14)7-9(2)16-12(15)10-3-5-11(13)6-4-10/h3-6,8-9,14H,7H2,1-2H3. The van der Waals surface area contributed by atoms with Crippen LogP contribution in [0.3, 0.4) is 0 Å². The predicted octanol–water partition coefficient (Wildman–Crippen LogP) is 2.66. The van der Waals surface area contributed by atoms with Gasteiger partial charge in [0.1, 0.15) is 6.10 Å². The van der Waals surface area contributed by atoms with Crippen LogP contribution >= 0.6 is 11.6 Å². The highest BCUT2D eigenvalue weighted by Gasteiger charge is 2.13. The van der Waals surface area contributed by atoms with E-state index >= 15 is 0 Å².